The van der Waals surface area contributed by atoms with Gasteiger partial charge in [0.25, 0.3) is 0 Å². The Morgan fingerprint density at radius 3 is 2.17 bits per heavy atom. The van der Waals surface area contributed by atoms with Crippen molar-refractivity contribution in [2.45, 2.75) is 140 Å². The SMILES string of the molecule is C=C[C@@H]1OCCC[C@H]1OC(=O)CC[C@H]1OCCC[C@@H]1O/C=C\[CH2][Sn]([CH2]CCC)([CH2]CCC)[CH2]CCC. The molecule has 2 aliphatic heterocycles. The topological polar surface area (TPSA) is 54.0 Å². The van der Waals surface area contributed by atoms with Crippen LogP contribution in [0.3, 0.4) is 0 Å². The first kappa shape index (κ1) is 31.7. The quantitative estimate of drug-likeness (QED) is 0.0680. The molecule has 0 bridgehead atoms. The molecule has 0 amide bonds. The van der Waals surface area contributed by atoms with Gasteiger partial charge in [0.1, 0.15) is 0 Å². The van der Waals surface area contributed by atoms with Gasteiger partial charge in [0.15, 0.2) is 0 Å². The van der Waals surface area contributed by atoms with Crippen molar-refractivity contribution in [2.75, 3.05) is 13.2 Å². The molecule has 0 spiro atoms. The van der Waals surface area contributed by atoms with Gasteiger partial charge in [0, 0.05) is 6.61 Å². The molecule has 6 heteroatoms. The average molecular weight is 613 g/mol. The van der Waals surface area contributed by atoms with Gasteiger partial charge < -0.3 is 4.74 Å². The van der Waals surface area contributed by atoms with E-state index in [1.807, 2.05) is 6.26 Å². The van der Waals surface area contributed by atoms with Gasteiger partial charge in [-0.2, -0.15) is 0 Å². The Kier molecular flexibility index (Phi) is 16.4. The van der Waals surface area contributed by atoms with Crippen LogP contribution in [-0.2, 0) is 23.7 Å². The molecule has 208 valence electrons. The van der Waals surface area contributed by atoms with Gasteiger partial charge in [-0.15, -0.1) is 6.58 Å². The molecule has 2 rings (SSSR count). The fourth-order valence-corrected chi connectivity index (χ4v) is 20.7. The summed E-state index contributed by atoms with van der Waals surface area (Å²) in [7, 11) is 0. The Hall–Kier alpha value is -0.531. The number of esters is 1. The fourth-order valence-electron chi connectivity index (χ4n) is 5.64. The van der Waals surface area contributed by atoms with Gasteiger partial charge >= 0.3 is 196 Å². The minimum atomic E-state index is -2.17. The predicted octanol–water partition coefficient (Wildman–Crippen LogP) is 7.97. The molecule has 2 aliphatic rings. The van der Waals surface area contributed by atoms with Crippen molar-refractivity contribution < 1.29 is 23.7 Å². The summed E-state index contributed by atoms with van der Waals surface area (Å²) >= 11 is -2.17. The van der Waals surface area contributed by atoms with Crippen LogP contribution in [0.2, 0.25) is 17.7 Å². The number of allylic oxidation sites excluding steroid dienone is 1. The maximum absolute atomic E-state index is 12.5. The number of ether oxygens (including phenoxy) is 4. The van der Waals surface area contributed by atoms with Crippen molar-refractivity contribution >= 4 is 24.3 Å². The third kappa shape index (κ3) is 11.5. The second kappa shape index (κ2) is 18.7. The number of hydrogen-bond donors (Lipinski definition) is 0. The maximum atomic E-state index is 12.5. The summed E-state index contributed by atoms with van der Waals surface area (Å²) in [6.45, 7) is 12.2. The van der Waals surface area contributed by atoms with Crippen molar-refractivity contribution in [3.8, 4) is 0 Å². The Morgan fingerprint density at radius 2 is 1.56 bits per heavy atom. The Balaban J connectivity index is 1.86. The molecule has 0 aromatic heterocycles. The second-order valence-electron chi connectivity index (χ2n) is 10.9. The monoisotopic (exact) mass is 614 g/mol. The molecule has 2 saturated heterocycles. The van der Waals surface area contributed by atoms with Crippen molar-refractivity contribution in [1.82, 2.24) is 0 Å². The van der Waals surface area contributed by atoms with Crippen molar-refractivity contribution in [3.05, 3.63) is 25.0 Å². The molecule has 0 saturated carbocycles. The molecule has 0 unspecified atom stereocenters. The predicted molar refractivity (Wildman–Crippen MR) is 151 cm³/mol. The standard InChI is InChI=1S/C18H27O5.3C4H9.Sn/c1-3-11-20-15-7-5-13-22-16(15)9-10-18(19)23-17-8-6-12-21-14(17)4-2;3*1-3-4-2;/h3-4,11,14-17H,1-2,5-10,12-13H2;3*1,3-4H2,2H3;/b11-3-;;;;/t14-,15-,16+,17+;;;;/m0..../s1. The summed E-state index contributed by atoms with van der Waals surface area (Å²) in [5.41, 5.74) is 0. The molecule has 0 radical (unpaired) electrons. The zero-order valence-corrected chi connectivity index (χ0v) is 26.4. The van der Waals surface area contributed by atoms with Crippen LogP contribution in [0.25, 0.3) is 0 Å². The molecule has 0 N–H and O–H groups in total. The van der Waals surface area contributed by atoms with Crippen LogP contribution in [0.5, 0.6) is 0 Å². The van der Waals surface area contributed by atoms with E-state index in [1.54, 1.807) is 6.08 Å². The molecule has 2 heterocycles. The first-order valence-electron chi connectivity index (χ1n) is 14.9. The number of hydrogen-bond acceptors (Lipinski definition) is 5. The van der Waals surface area contributed by atoms with Crippen LogP contribution in [0.15, 0.2) is 25.0 Å². The van der Waals surface area contributed by atoms with E-state index in [2.05, 4.69) is 33.4 Å². The molecule has 0 aromatic rings. The molecule has 4 atom stereocenters. The first-order chi connectivity index (χ1) is 17.6. The summed E-state index contributed by atoms with van der Waals surface area (Å²) in [5.74, 6) is -0.178. The molecule has 2 fully saturated rings. The van der Waals surface area contributed by atoms with Gasteiger partial charge in [-0.1, -0.05) is 6.08 Å². The molecule has 0 aliphatic carbocycles. The Morgan fingerprint density at radius 1 is 0.944 bits per heavy atom. The van der Waals surface area contributed by atoms with E-state index in [9.17, 15) is 4.79 Å². The minimum absolute atomic E-state index is 0.0215. The van der Waals surface area contributed by atoms with Gasteiger partial charge in [-0.25, -0.2) is 0 Å². The summed E-state index contributed by atoms with van der Waals surface area (Å²) in [4.78, 5) is 12.5. The summed E-state index contributed by atoms with van der Waals surface area (Å²) in [6, 6.07) is 0. The van der Waals surface area contributed by atoms with Crippen LogP contribution >= 0.6 is 0 Å². The fraction of sp³-hybridized carbons (Fsp3) is 0.833. The van der Waals surface area contributed by atoms with Crippen molar-refractivity contribution in [1.29, 1.82) is 0 Å². The van der Waals surface area contributed by atoms with Crippen LogP contribution in [0.4, 0.5) is 0 Å². The van der Waals surface area contributed by atoms with E-state index in [0.717, 1.165) is 32.3 Å². The molecular weight excluding hydrogens is 559 g/mol. The van der Waals surface area contributed by atoms with Crippen LogP contribution in [0, 0.1) is 0 Å². The van der Waals surface area contributed by atoms with Crippen molar-refractivity contribution in [2.24, 2.45) is 0 Å². The number of carbonyl (C=O) groups is 1. The van der Waals surface area contributed by atoms with E-state index in [0.29, 0.717) is 19.4 Å². The zero-order chi connectivity index (χ0) is 26.1. The van der Waals surface area contributed by atoms with Gasteiger partial charge in [0.05, 0.1) is 0 Å². The second-order valence-corrected chi connectivity index (χ2v) is 24.9. The van der Waals surface area contributed by atoms with Gasteiger partial charge in [-0.3, -0.25) is 0 Å². The van der Waals surface area contributed by atoms with E-state index in [1.165, 1.54) is 56.3 Å². The van der Waals surface area contributed by atoms with Crippen molar-refractivity contribution in [3.63, 3.8) is 0 Å². The molecular formula is C30H54O5Sn. The van der Waals surface area contributed by atoms with E-state index >= 15 is 0 Å². The Labute approximate surface area is 225 Å². The summed E-state index contributed by atoms with van der Waals surface area (Å²) < 4.78 is 29.5. The normalized spacial score (nSPS) is 25.1. The van der Waals surface area contributed by atoms with Crippen LogP contribution < -0.4 is 0 Å². The number of unbranched alkanes of at least 4 members (excludes halogenated alkanes) is 3. The summed E-state index contributed by atoms with van der Waals surface area (Å²) in [5, 5.41) is 0. The Bertz CT molecular complexity index is 615. The van der Waals surface area contributed by atoms with Gasteiger partial charge in [-0.05, 0) is 6.42 Å². The van der Waals surface area contributed by atoms with Crippen LogP contribution in [-0.4, -0.2) is 62.0 Å². The number of rotatable bonds is 18. The number of carbonyl (C=O) groups excluding carboxylic acids is 1. The average Bonchev–Trinajstić information content (AvgIpc) is 2.91. The third-order valence-electron chi connectivity index (χ3n) is 7.92. The molecule has 0 aromatic carbocycles. The zero-order valence-electron chi connectivity index (χ0n) is 23.5. The van der Waals surface area contributed by atoms with E-state index in [4.69, 9.17) is 18.9 Å². The summed E-state index contributed by atoms with van der Waals surface area (Å²) in [6.07, 6.45) is 18.5. The molecule has 36 heavy (non-hydrogen) atoms. The third-order valence-corrected chi connectivity index (χ3v) is 23.2. The van der Waals surface area contributed by atoms with E-state index in [-0.39, 0.29) is 30.4 Å². The molecule has 5 nitrogen and oxygen atoms in total. The van der Waals surface area contributed by atoms with Crippen LogP contribution in [0.1, 0.15) is 97.8 Å². The van der Waals surface area contributed by atoms with E-state index < -0.39 is 18.4 Å². The first-order valence-corrected chi connectivity index (χ1v) is 23.0. The van der Waals surface area contributed by atoms with Gasteiger partial charge in [0.2, 0.25) is 0 Å².